The van der Waals surface area contributed by atoms with Crippen molar-refractivity contribution in [2.24, 2.45) is 10.7 Å². The normalized spacial score (nSPS) is 12.1. The molecule has 2 aromatic carbocycles. The predicted octanol–water partition coefficient (Wildman–Crippen LogP) is 3.70. The minimum absolute atomic E-state index is 0.652. The van der Waals surface area contributed by atoms with E-state index in [1.807, 2.05) is 19.1 Å². The van der Waals surface area contributed by atoms with Gasteiger partial charge >= 0.3 is 0 Å². The van der Waals surface area contributed by atoms with Gasteiger partial charge < -0.3 is 5.73 Å². The summed E-state index contributed by atoms with van der Waals surface area (Å²) in [5, 5.41) is 2.48. The second-order valence-corrected chi connectivity index (χ2v) is 5.25. The van der Waals surface area contributed by atoms with E-state index in [-0.39, 0.29) is 0 Å². The van der Waals surface area contributed by atoms with Crippen LogP contribution in [0.5, 0.6) is 0 Å². The molecule has 3 nitrogen and oxygen atoms in total. The second-order valence-electron chi connectivity index (χ2n) is 5.25. The van der Waals surface area contributed by atoms with Crippen molar-refractivity contribution < 1.29 is 0 Å². The van der Waals surface area contributed by atoms with E-state index in [0.717, 1.165) is 30.4 Å². The molecule has 0 fully saturated rings. The molecule has 0 saturated heterocycles. The minimum Gasteiger partial charge on any atom is -0.388 e. The summed E-state index contributed by atoms with van der Waals surface area (Å²) in [6, 6.07) is 16.7. The van der Waals surface area contributed by atoms with E-state index in [0.29, 0.717) is 5.84 Å². The molecule has 0 saturated carbocycles. The van der Waals surface area contributed by atoms with Crippen LogP contribution < -0.4 is 5.73 Å². The molecule has 106 valence electrons. The summed E-state index contributed by atoms with van der Waals surface area (Å²) in [7, 11) is 0. The van der Waals surface area contributed by atoms with Crippen LogP contribution in [0.15, 0.2) is 53.5 Å². The van der Waals surface area contributed by atoms with Gasteiger partial charge in [-0.1, -0.05) is 36.4 Å². The molecule has 1 aromatic heterocycles. The zero-order valence-electron chi connectivity index (χ0n) is 12.2. The third kappa shape index (κ3) is 2.87. The Morgan fingerprint density at radius 2 is 1.57 bits per heavy atom. The molecule has 2 N–H and O–H groups in total. The molecule has 0 spiro atoms. The summed E-state index contributed by atoms with van der Waals surface area (Å²) in [4.78, 5) is 9.03. The number of benzene rings is 2. The van der Waals surface area contributed by atoms with Gasteiger partial charge in [0.2, 0.25) is 0 Å². The number of hydrogen-bond acceptors (Lipinski definition) is 2. The summed E-state index contributed by atoms with van der Waals surface area (Å²) in [6.45, 7) is 2.60. The van der Waals surface area contributed by atoms with Gasteiger partial charge in [-0.2, -0.15) is 0 Å². The Balaban J connectivity index is 2.05. The number of amidine groups is 1. The number of fused-ring (bicyclic) bond motifs is 2. The molecule has 0 atom stereocenters. The van der Waals surface area contributed by atoms with E-state index in [1.165, 1.54) is 16.3 Å². The third-order valence-electron chi connectivity index (χ3n) is 3.65. The fourth-order valence-corrected chi connectivity index (χ4v) is 2.71. The van der Waals surface area contributed by atoms with Crippen molar-refractivity contribution in [1.29, 1.82) is 0 Å². The van der Waals surface area contributed by atoms with E-state index in [9.17, 15) is 0 Å². The number of para-hydroxylation sites is 2. The van der Waals surface area contributed by atoms with Crippen LogP contribution in [0, 0.1) is 0 Å². The van der Waals surface area contributed by atoms with E-state index in [4.69, 9.17) is 10.7 Å². The van der Waals surface area contributed by atoms with Crippen molar-refractivity contribution in [2.75, 3.05) is 6.54 Å². The highest BCUT2D eigenvalue weighted by molar-refractivity contribution is 5.97. The second kappa shape index (κ2) is 5.92. The number of hydrogen-bond donors (Lipinski definition) is 1. The van der Waals surface area contributed by atoms with Crippen molar-refractivity contribution in [2.45, 2.75) is 19.8 Å². The highest BCUT2D eigenvalue weighted by Gasteiger charge is 2.07. The van der Waals surface area contributed by atoms with Crippen LogP contribution in [0.3, 0.4) is 0 Å². The van der Waals surface area contributed by atoms with Gasteiger partial charge in [0.15, 0.2) is 0 Å². The number of aliphatic imine (C=N–C) groups is 1. The van der Waals surface area contributed by atoms with Crippen molar-refractivity contribution in [3.8, 4) is 0 Å². The van der Waals surface area contributed by atoms with Crippen LogP contribution in [0.25, 0.3) is 21.8 Å². The lowest BCUT2D eigenvalue weighted by molar-refractivity contribution is 0.840. The minimum atomic E-state index is 0.652. The number of nitrogens with zero attached hydrogens (tertiary/aromatic N) is 2. The molecule has 0 aliphatic carbocycles. The molecule has 3 rings (SSSR count). The number of rotatable bonds is 4. The molecule has 0 unspecified atom stereocenters. The molecule has 0 aliphatic heterocycles. The summed E-state index contributed by atoms with van der Waals surface area (Å²) in [5.74, 6) is 0.652. The van der Waals surface area contributed by atoms with E-state index >= 15 is 0 Å². The summed E-state index contributed by atoms with van der Waals surface area (Å²) in [5.41, 5.74) is 9.07. The van der Waals surface area contributed by atoms with E-state index < -0.39 is 0 Å². The Hall–Kier alpha value is -2.42. The average molecular weight is 277 g/mol. The molecular weight excluding hydrogens is 258 g/mol. The quantitative estimate of drug-likeness (QED) is 0.342. The highest BCUT2D eigenvalue weighted by Crippen LogP contribution is 2.26. The summed E-state index contributed by atoms with van der Waals surface area (Å²) < 4.78 is 0. The number of pyridine rings is 1. The molecule has 0 radical (unpaired) electrons. The maximum absolute atomic E-state index is 5.59. The topological polar surface area (TPSA) is 51.3 Å². The first-order valence-corrected chi connectivity index (χ1v) is 7.28. The fraction of sp³-hybridized carbons (Fsp3) is 0.222. The first-order valence-electron chi connectivity index (χ1n) is 7.28. The fourth-order valence-electron chi connectivity index (χ4n) is 2.71. The Morgan fingerprint density at radius 1 is 1.00 bits per heavy atom. The van der Waals surface area contributed by atoms with Gasteiger partial charge in [0, 0.05) is 17.3 Å². The maximum Gasteiger partial charge on any atom is 0.0905 e. The van der Waals surface area contributed by atoms with Crippen LogP contribution in [-0.2, 0) is 6.42 Å². The number of aromatic nitrogens is 1. The lowest BCUT2D eigenvalue weighted by Crippen LogP contribution is -2.06. The molecule has 3 aromatic rings. The number of nitrogens with two attached hydrogens (primary N) is 1. The van der Waals surface area contributed by atoms with Crippen LogP contribution in [0.2, 0.25) is 0 Å². The average Bonchev–Trinajstić information content (AvgIpc) is 2.50. The standard InChI is InChI=1S/C18H19N3/c1-13(19)20-12-6-9-14-15-7-2-4-10-17(15)21-18-11-5-3-8-16(14)18/h2-5,7-8,10-11H,6,9,12H2,1H3,(H2,19,20). The van der Waals surface area contributed by atoms with Crippen LogP contribution in [-0.4, -0.2) is 17.4 Å². The smallest absolute Gasteiger partial charge is 0.0905 e. The zero-order valence-corrected chi connectivity index (χ0v) is 12.2. The predicted molar refractivity (Wildman–Crippen MR) is 89.7 cm³/mol. The molecular formula is C18H19N3. The SMILES string of the molecule is CC(N)=NCCCc1c2ccccc2nc2ccccc12. The van der Waals surface area contributed by atoms with Crippen LogP contribution in [0.4, 0.5) is 0 Å². The monoisotopic (exact) mass is 277 g/mol. The lowest BCUT2D eigenvalue weighted by Gasteiger charge is -2.10. The van der Waals surface area contributed by atoms with Crippen molar-refractivity contribution in [3.05, 3.63) is 54.1 Å². The molecule has 0 amide bonds. The van der Waals surface area contributed by atoms with Gasteiger partial charge in [-0.15, -0.1) is 0 Å². The Morgan fingerprint density at radius 3 is 2.14 bits per heavy atom. The first kappa shape index (κ1) is 13.6. The Kier molecular flexibility index (Phi) is 3.82. The molecule has 0 aliphatic rings. The van der Waals surface area contributed by atoms with Gasteiger partial charge in [-0.25, -0.2) is 4.98 Å². The molecule has 3 heteroatoms. The number of aryl methyl sites for hydroxylation is 1. The van der Waals surface area contributed by atoms with Gasteiger partial charge in [-0.05, 0) is 37.5 Å². The lowest BCUT2D eigenvalue weighted by atomic mass is 9.99. The zero-order chi connectivity index (χ0) is 14.7. The largest absolute Gasteiger partial charge is 0.388 e. The molecule has 21 heavy (non-hydrogen) atoms. The molecule has 1 heterocycles. The van der Waals surface area contributed by atoms with E-state index in [2.05, 4.69) is 41.4 Å². The van der Waals surface area contributed by atoms with Crippen molar-refractivity contribution in [1.82, 2.24) is 4.98 Å². The highest BCUT2D eigenvalue weighted by atomic mass is 14.8. The van der Waals surface area contributed by atoms with Gasteiger partial charge in [0.1, 0.15) is 0 Å². The summed E-state index contributed by atoms with van der Waals surface area (Å²) >= 11 is 0. The van der Waals surface area contributed by atoms with Crippen molar-refractivity contribution >= 4 is 27.6 Å². The van der Waals surface area contributed by atoms with Crippen LogP contribution >= 0.6 is 0 Å². The van der Waals surface area contributed by atoms with Gasteiger partial charge in [-0.3, -0.25) is 4.99 Å². The maximum atomic E-state index is 5.59. The van der Waals surface area contributed by atoms with Crippen molar-refractivity contribution in [3.63, 3.8) is 0 Å². The summed E-state index contributed by atoms with van der Waals surface area (Å²) in [6.07, 6.45) is 1.98. The first-order chi connectivity index (χ1) is 10.3. The Labute approximate surface area is 124 Å². The van der Waals surface area contributed by atoms with Gasteiger partial charge in [0.25, 0.3) is 0 Å². The third-order valence-corrected chi connectivity index (χ3v) is 3.65. The van der Waals surface area contributed by atoms with E-state index in [1.54, 1.807) is 0 Å². The van der Waals surface area contributed by atoms with Crippen LogP contribution in [0.1, 0.15) is 18.9 Å². The Bertz CT molecular complexity index is 748. The molecule has 0 bridgehead atoms. The van der Waals surface area contributed by atoms with Gasteiger partial charge in [0.05, 0.1) is 16.9 Å².